The molecule has 0 spiro atoms. The lowest BCUT2D eigenvalue weighted by atomic mass is 9.87. The summed E-state index contributed by atoms with van der Waals surface area (Å²) < 4.78 is 0. The van der Waals surface area contributed by atoms with Crippen molar-refractivity contribution in [3.05, 3.63) is 66.0 Å². The van der Waals surface area contributed by atoms with Crippen molar-refractivity contribution in [3.8, 4) is 0 Å². The molecule has 0 radical (unpaired) electrons. The van der Waals surface area contributed by atoms with E-state index in [-0.39, 0.29) is 11.8 Å². The first-order valence-electron chi connectivity index (χ1n) is 8.08. The van der Waals surface area contributed by atoms with Crippen molar-refractivity contribution >= 4 is 5.91 Å². The molecule has 1 unspecified atom stereocenters. The number of carbonyl (C=O) groups is 1. The molecular weight excluding hydrogens is 288 g/mol. The zero-order valence-electron chi connectivity index (χ0n) is 13.4. The van der Waals surface area contributed by atoms with E-state index in [1.54, 1.807) is 6.20 Å². The molecule has 3 rings (SSSR count). The minimum atomic E-state index is -0.923. The molecule has 1 aromatic heterocycles. The van der Waals surface area contributed by atoms with Gasteiger partial charge >= 0.3 is 0 Å². The van der Waals surface area contributed by atoms with Crippen molar-refractivity contribution in [1.29, 1.82) is 0 Å². The van der Waals surface area contributed by atoms with Crippen LogP contribution >= 0.6 is 0 Å². The summed E-state index contributed by atoms with van der Waals surface area (Å²) in [5.41, 5.74) is 0.805. The predicted molar refractivity (Wildman–Crippen MR) is 88.8 cm³/mol. The molecule has 4 heteroatoms. The molecule has 1 fully saturated rings. The summed E-state index contributed by atoms with van der Waals surface area (Å²) >= 11 is 0. The Bertz CT molecular complexity index is 650. The second-order valence-corrected chi connectivity index (χ2v) is 6.20. The number of pyridine rings is 1. The van der Waals surface area contributed by atoms with Crippen LogP contribution in [-0.4, -0.2) is 34.0 Å². The van der Waals surface area contributed by atoms with Gasteiger partial charge in [-0.1, -0.05) is 36.4 Å². The molecule has 0 saturated carbocycles. The van der Waals surface area contributed by atoms with Crippen LogP contribution in [0.15, 0.2) is 54.7 Å². The molecule has 1 aliphatic heterocycles. The summed E-state index contributed by atoms with van der Waals surface area (Å²) in [6.07, 6.45) is 2.75. The second-order valence-electron chi connectivity index (χ2n) is 6.20. The van der Waals surface area contributed by atoms with Crippen LogP contribution in [0, 0.1) is 0 Å². The van der Waals surface area contributed by atoms with Gasteiger partial charge in [0.15, 0.2) is 0 Å². The number of piperidine rings is 1. The average molecular weight is 310 g/mol. The first-order chi connectivity index (χ1) is 11.1. The van der Waals surface area contributed by atoms with Crippen LogP contribution in [0.5, 0.6) is 0 Å². The van der Waals surface area contributed by atoms with E-state index in [1.807, 2.05) is 60.4 Å². The largest absolute Gasteiger partial charge is 0.383 e. The SMILES string of the molecule is CC(C(=O)N1CCC(O)(c2ccccn2)CC1)c1ccccc1. The fourth-order valence-corrected chi connectivity index (χ4v) is 3.15. The Hall–Kier alpha value is -2.20. The molecule has 0 aliphatic carbocycles. The highest BCUT2D eigenvalue weighted by molar-refractivity contribution is 5.83. The Balaban J connectivity index is 1.66. The molecule has 23 heavy (non-hydrogen) atoms. The van der Waals surface area contributed by atoms with Crippen molar-refractivity contribution in [2.75, 3.05) is 13.1 Å². The molecule has 2 aromatic rings. The minimum Gasteiger partial charge on any atom is -0.383 e. The van der Waals surface area contributed by atoms with E-state index in [1.165, 1.54) is 0 Å². The molecule has 1 atom stereocenters. The fraction of sp³-hybridized carbons (Fsp3) is 0.368. The highest BCUT2D eigenvalue weighted by atomic mass is 16.3. The predicted octanol–water partition coefficient (Wildman–Crippen LogP) is 2.70. The normalized spacial score (nSPS) is 18.4. The minimum absolute atomic E-state index is 0.124. The maximum Gasteiger partial charge on any atom is 0.229 e. The molecule has 0 bridgehead atoms. The van der Waals surface area contributed by atoms with Crippen molar-refractivity contribution in [2.24, 2.45) is 0 Å². The Morgan fingerprint density at radius 1 is 1.13 bits per heavy atom. The fourth-order valence-electron chi connectivity index (χ4n) is 3.15. The van der Waals surface area contributed by atoms with E-state index >= 15 is 0 Å². The van der Waals surface area contributed by atoms with Crippen LogP contribution < -0.4 is 0 Å². The number of aliphatic hydroxyl groups is 1. The van der Waals surface area contributed by atoms with E-state index in [0.717, 1.165) is 5.56 Å². The number of hydrogen-bond acceptors (Lipinski definition) is 3. The van der Waals surface area contributed by atoms with Gasteiger partial charge < -0.3 is 10.0 Å². The third kappa shape index (κ3) is 3.27. The topological polar surface area (TPSA) is 53.4 Å². The Labute approximate surface area is 136 Å². The van der Waals surface area contributed by atoms with Crippen LogP contribution in [0.4, 0.5) is 0 Å². The van der Waals surface area contributed by atoms with Crippen molar-refractivity contribution in [3.63, 3.8) is 0 Å². The van der Waals surface area contributed by atoms with Crippen LogP contribution in [0.3, 0.4) is 0 Å². The van der Waals surface area contributed by atoms with Gasteiger partial charge in [0.25, 0.3) is 0 Å². The molecule has 4 nitrogen and oxygen atoms in total. The zero-order valence-corrected chi connectivity index (χ0v) is 13.4. The van der Waals surface area contributed by atoms with Crippen LogP contribution in [-0.2, 0) is 10.4 Å². The van der Waals surface area contributed by atoms with Gasteiger partial charge in [-0.2, -0.15) is 0 Å². The summed E-state index contributed by atoms with van der Waals surface area (Å²) in [5, 5.41) is 10.8. The van der Waals surface area contributed by atoms with Crippen LogP contribution in [0.25, 0.3) is 0 Å². The van der Waals surface area contributed by atoms with Gasteiger partial charge in [-0.05, 0) is 37.5 Å². The summed E-state index contributed by atoms with van der Waals surface area (Å²) in [7, 11) is 0. The first kappa shape index (κ1) is 15.7. The molecular formula is C19H22N2O2. The van der Waals surface area contributed by atoms with Crippen LogP contribution in [0.1, 0.15) is 36.9 Å². The number of hydrogen-bond donors (Lipinski definition) is 1. The lowest BCUT2D eigenvalue weighted by molar-refractivity contribution is -0.137. The lowest BCUT2D eigenvalue weighted by Crippen LogP contribution is -2.46. The quantitative estimate of drug-likeness (QED) is 0.948. The molecule has 1 aliphatic rings. The smallest absolute Gasteiger partial charge is 0.229 e. The highest BCUT2D eigenvalue weighted by Crippen LogP contribution is 2.32. The Morgan fingerprint density at radius 2 is 1.78 bits per heavy atom. The average Bonchev–Trinajstić information content (AvgIpc) is 2.63. The second kappa shape index (κ2) is 6.50. The molecule has 1 N–H and O–H groups in total. The summed E-state index contributed by atoms with van der Waals surface area (Å²) in [6.45, 7) is 3.06. The van der Waals surface area contributed by atoms with E-state index < -0.39 is 5.60 Å². The summed E-state index contributed by atoms with van der Waals surface area (Å²) in [4.78, 5) is 18.8. The van der Waals surface area contributed by atoms with Gasteiger partial charge in [-0.25, -0.2) is 0 Å². The standard InChI is InChI=1S/C19H22N2O2/c1-15(16-7-3-2-4-8-16)18(22)21-13-10-19(23,11-14-21)17-9-5-6-12-20-17/h2-9,12,15,23H,10-11,13-14H2,1H3. The number of aromatic nitrogens is 1. The van der Waals surface area contributed by atoms with Gasteiger partial charge in [-0.3, -0.25) is 9.78 Å². The first-order valence-corrected chi connectivity index (χ1v) is 8.08. The summed E-state index contributed by atoms with van der Waals surface area (Å²) in [5.74, 6) is -0.0310. The maximum absolute atomic E-state index is 12.7. The van der Waals surface area contributed by atoms with Gasteiger partial charge in [0, 0.05) is 19.3 Å². The number of likely N-dealkylation sites (tertiary alicyclic amines) is 1. The van der Waals surface area contributed by atoms with Crippen LogP contribution in [0.2, 0.25) is 0 Å². The van der Waals surface area contributed by atoms with Gasteiger partial charge in [0.2, 0.25) is 5.91 Å². The number of benzene rings is 1. The molecule has 1 aromatic carbocycles. The molecule has 1 amide bonds. The van der Waals surface area contributed by atoms with Gasteiger partial charge in [-0.15, -0.1) is 0 Å². The van der Waals surface area contributed by atoms with Gasteiger partial charge in [0.05, 0.1) is 11.6 Å². The van der Waals surface area contributed by atoms with E-state index in [4.69, 9.17) is 0 Å². The van der Waals surface area contributed by atoms with E-state index in [0.29, 0.717) is 31.6 Å². The van der Waals surface area contributed by atoms with Crippen molar-refractivity contribution < 1.29 is 9.90 Å². The number of amides is 1. The van der Waals surface area contributed by atoms with Crippen molar-refractivity contribution in [1.82, 2.24) is 9.88 Å². The van der Waals surface area contributed by atoms with Crippen molar-refractivity contribution in [2.45, 2.75) is 31.3 Å². The monoisotopic (exact) mass is 310 g/mol. The number of nitrogens with zero attached hydrogens (tertiary/aromatic N) is 2. The third-order valence-corrected chi connectivity index (χ3v) is 4.71. The van der Waals surface area contributed by atoms with E-state index in [2.05, 4.69) is 4.98 Å². The third-order valence-electron chi connectivity index (χ3n) is 4.71. The molecule has 1 saturated heterocycles. The Morgan fingerprint density at radius 3 is 2.39 bits per heavy atom. The lowest BCUT2D eigenvalue weighted by Gasteiger charge is -2.38. The van der Waals surface area contributed by atoms with Gasteiger partial charge in [0.1, 0.15) is 5.60 Å². The summed E-state index contributed by atoms with van der Waals surface area (Å²) in [6, 6.07) is 15.4. The maximum atomic E-state index is 12.7. The zero-order chi connectivity index (χ0) is 16.3. The Kier molecular flexibility index (Phi) is 4.44. The molecule has 120 valence electrons. The molecule has 2 heterocycles. The highest BCUT2D eigenvalue weighted by Gasteiger charge is 2.37. The number of carbonyl (C=O) groups excluding carboxylic acids is 1. The van der Waals surface area contributed by atoms with E-state index in [9.17, 15) is 9.90 Å². The number of rotatable bonds is 3.